The number of nitrogens with zero attached hydrogens (tertiary/aromatic N) is 1. The van der Waals surface area contributed by atoms with Gasteiger partial charge in [-0.1, -0.05) is 30.3 Å². The summed E-state index contributed by atoms with van der Waals surface area (Å²) in [6.07, 6.45) is 4.59. The van der Waals surface area contributed by atoms with Gasteiger partial charge in [0, 0.05) is 32.2 Å². The molecular formula is C17H26N2O. The summed E-state index contributed by atoms with van der Waals surface area (Å²) in [4.78, 5) is 2.55. The highest BCUT2D eigenvalue weighted by molar-refractivity contribution is 5.14. The molecule has 1 aromatic rings. The summed E-state index contributed by atoms with van der Waals surface area (Å²) in [5, 5.41) is 3.69. The Morgan fingerprint density at radius 1 is 1.20 bits per heavy atom. The van der Waals surface area contributed by atoms with Crippen LogP contribution in [-0.2, 0) is 11.3 Å². The number of hydrogen-bond acceptors (Lipinski definition) is 3. The van der Waals surface area contributed by atoms with Crippen molar-refractivity contribution >= 4 is 0 Å². The third kappa shape index (κ3) is 3.81. The van der Waals surface area contributed by atoms with Gasteiger partial charge in [-0.25, -0.2) is 0 Å². The predicted octanol–water partition coefficient (Wildman–Crippen LogP) is 2.42. The minimum Gasteiger partial charge on any atom is -0.374 e. The fourth-order valence-corrected chi connectivity index (χ4v) is 3.32. The molecule has 110 valence electrons. The number of rotatable bonds is 5. The monoisotopic (exact) mass is 274 g/mol. The second-order valence-corrected chi connectivity index (χ2v) is 6.26. The van der Waals surface area contributed by atoms with Gasteiger partial charge in [0.25, 0.3) is 0 Å². The van der Waals surface area contributed by atoms with Crippen LogP contribution in [0.4, 0.5) is 0 Å². The molecule has 0 radical (unpaired) electrons. The van der Waals surface area contributed by atoms with E-state index in [0.29, 0.717) is 18.2 Å². The fourth-order valence-electron chi connectivity index (χ4n) is 3.32. The average Bonchev–Trinajstić information content (AvgIpc) is 3.07. The molecule has 3 nitrogen and oxygen atoms in total. The van der Waals surface area contributed by atoms with Crippen molar-refractivity contribution in [3.05, 3.63) is 35.9 Å². The smallest absolute Gasteiger partial charge is 0.0704 e. The van der Waals surface area contributed by atoms with Crippen LogP contribution in [0.15, 0.2) is 30.3 Å². The largest absolute Gasteiger partial charge is 0.374 e. The highest BCUT2D eigenvalue weighted by Crippen LogP contribution is 2.19. The summed E-state index contributed by atoms with van der Waals surface area (Å²) >= 11 is 0. The van der Waals surface area contributed by atoms with Gasteiger partial charge in [0.15, 0.2) is 0 Å². The van der Waals surface area contributed by atoms with E-state index in [4.69, 9.17) is 4.74 Å². The van der Waals surface area contributed by atoms with Crippen LogP contribution in [-0.4, -0.2) is 42.8 Å². The molecule has 3 heteroatoms. The molecule has 0 amide bonds. The van der Waals surface area contributed by atoms with Gasteiger partial charge in [-0.3, -0.25) is 4.90 Å². The maximum Gasteiger partial charge on any atom is 0.0704 e. The van der Waals surface area contributed by atoms with Crippen LogP contribution in [0.2, 0.25) is 0 Å². The molecule has 1 aromatic carbocycles. The van der Waals surface area contributed by atoms with Gasteiger partial charge in [0.05, 0.1) is 12.2 Å². The summed E-state index contributed by atoms with van der Waals surface area (Å²) in [5.74, 6) is 0. The molecule has 2 saturated heterocycles. The van der Waals surface area contributed by atoms with Gasteiger partial charge in [-0.05, 0) is 31.7 Å². The maximum absolute atomic E-state index is 5.87. The van der Waals surface area contributed by atoms with Crippen LogP contribution in [0.5, 0.6) is 0 Å². The lowest BCUT2D eigenvalue weighted by Gasteiger charge is -2.18. The summed E-state index contributed by atoms with van der Waals surface area (Å²) in [7, 11) is 0. The lowest BCUT2D eigenvalue weighted by molar-refractivity contribution is 0.0544. The van der Waals surface area contributed by atoms with Crippen molar-refractivity contribution in [2.45, 2.75) is 51.0 Å². The topological polar surface area (TPSA) is 24.5 Å². The van der Waals surface area contributed by atoms with Crippen molar-refractivity contribution in [1.29, 1.82) is 0 Å². The average molecular weight is 274 g/mol. The van der Waals surface area contributed by atoms with Crippen LogP contribution in [0.1, 0.15) is 31.7 Å². The minimum absolute atomic E-state index is 0.438. The van der Waals surface area contributed by atoms with Gasteiger partial charge in [0.1, 0.15) is 0 Å². The highest BCUT2D eigenvalue weighted by Gasteiger charge is 2.25. The quantitative estimate of drug-likeness (QED) is 0.892. The molecule has 2 aliphatic rings. The third-order valence-electron chi connectivity index (χ3n) is 4.48. The van der Waals surface area contributed by atoms with Crippen molar-refractivity contribution in [1.82, 2.24) is 10.2 Å². The van der Waals surface area contributed by atoms with Crippen LogP contribution in [0, 0.1) is 0 Å². The predicted molar refractivity (Wildman–Crippen MR) is 81.7 cm³/mol. The zero-order valence-electron chi connectivity index (χ0n) is 12.4. The molecule has 0 aliphatic carbocycles. The fraction of sp³-hybridized carbons (Fsp3) is 0.647. The molecule has 0 spiro atoms. The molecule has 20 heavy (non-hydrogen) atoms. The van der Waals surface area contributed by atoms with Gasteiger partial charge >= 0.3 is 0 Å². The molecule has 3 unspecified atom stereocenters. The Labute approximate surface area is 122 Å². The zero-order chi connectivity index (χ0) is 13.8. The van der Waals surface area contributed by atoms with E-state index in [-0.39, 0.29) is 0 Å². The van der Waals surface area contributed by atoms with E-state index in [0.717, 1.165) is 19.6 Å². The van der Waals surface area contributed by atoms with E-state index in [9.17, 15) is 0 Å². The first-order chi connectivity index (χ1) is 9.79. The van der Waals surface area contributed by atoms with Gasteiger partial charge < -0.3 is 10.1 Å². The van der Waals surface area contributed by atoms with Crippen molar-refractivity contribution in [3.8, 4) is 0 Å². The van der Waals surface area contributed by atoms with Gasteiger partial charge in [-0.15, -0.1) is 0 Å². The van der Waals surface area contributed by atoms with Crippen LogP contribution in [0.25, 0.3) is 0 Å². The van der Waals surface area contributed by atoms with Crippen molar-refractivity contribution < 1.29 is 4.74 Å². The highest BCUT2D eigenvalue weighted by atomic mass is 16.5. The van der Waals surface area contributed by atoms with Crippen LogP contribution < -0.4 is 5.32 Å². The molecular weight excluding hydrogens is 248 g/mol. The summed E-state index contributed by atoms with van der Waals surface area (Å²) in [6, 6.07) is 11.4. The molecule has 1 N–H and O–H groups in total. The number of likely N-dealkylation sites (tertiary alicyclic amines) is 1. The first-order valence-electron chi connectivity index (χ1n) is 7.95. The minimum atomic E-state index is 0.438. The van der Waals surface area contributed by atoms with E-state index in [2.05, 4.69) is 47.5 Å². The maximum atomic E-state index is 5.87. The number of nitrogens with one attached hydrogen (secondary N) is 1. The Hall–Kier alpha value is -0.900. The normalized spacial score (nSPS) is 30.9. The van der Waals surface area contributed by atoms with E-state index < -0.39 is 0 Å². The second-order valence-electron chi connectivity index (χ2n) is 6.26. The van der Waals surface area contributed by atoms with E-state index >= 15 is 0 Å². The summed E-state index contributed by atoms with van der Waals surface area (Å²) < 4.78 is 5.87. The Morgan fingerprint density at radius 3 is 2.80 bits per heavy atom. The third-order valence-corrected chi connectivity index (χ3v) is 4.48. The van der Waals surface area contributed by atoms with Gasteiger partial charge in [0.2, 0.25) is 0 Å². The van der Waals surface area contributed by atoms with Crippen LogP contribution in [0.3, 0.4) is 0 Å². The Balaban J connectivity index is 1.39. The lowest BCUT2D eigenvalue weighted by Crippen LogP contribution is -2.37. The molecule has 2 aliphatic heterocycles. The summed E-state index contributed by atoms with van der Waals surface area (Å²) in [5.41, 5.74) is 1.42. The first kappa shape index (κ1) is 14.1. The van der Waals surface area contributed by atoms with E-state index in [1.807, 2.05) is 0 Å². The molecule has 3 atom stereocenters. The van der Waals surface area contributed by atoms with Crippen LogP contribution >= 0.6 is 0 Å². The standard InChI is InChI=1S/C17H26N2O/c1-14-7-8-17(20-14)11-18-16-9-10-19(13-16)12-15-5-3-2-4-6-15/h2-6,14,16-18H,7-13H2,1H3. The first-order valence-corrected chi connectivity index (χ1v) is 7.95. The molecule has 0 aromatic heterocycles. The molecule has 2 fully saturated rings. The Kier molecular flexibility index (Phi) is 4.71. The molecule has 2 heterocycles. The van der Waals surface area contributed by atoms with E-state index in [1.165, 1.54) is 31.4 Å². The Morgan fingerprint density at radius 2 is 2.05 bits per heavy atom. The lowest BCUT2D eigenvalue weighted by atomic mass is 10.2. The van der Waals surface area contributed by atoms with Crippen molar-refractivity contribution in [2.24, 2.45) is 0 Å². The number of ether oxygens (including phenoxy) is 1. The van der Waals surface area contributed by atoms with Gasteiger partial charge in [-0.2, -0.15) is 0 Å². The van der Waals surface area contributed by atoms with Crippen molar-refractivity contribution in [3.63, 3.8) is 0 Å². The SMILES string of the molecule is CC1CCC(CNC2CCN(Cc3ccccc3)C2)O1. The second kappa shape index (κ2) is 6.70. The zero-order valence-corrected chi connectivity index (χ0v) is 12.4. The molecule has 3 rings (SSSR count). The van der Waals surface area contributed by atoms with E-state index in [1.54, 1.807) is 0 Å². The number of benzene rings is 1. The summed E-state index contributed by atoms with van der Waals surface area (Å²) in [6.45, 7) is 6.65. The molecule has 0 bridgehead atoms. The van der Waals surface area contributed by atoms with Crippen molar-refractivity contribution in [2.75, 3.05) is 19.6 Å². The number of hydrogen-bond donors (Lipinski definition) is 1. The molecule has 0 saturated carbocycles. The Bertz CT molecular complexity index is 409.